The fourth-order valence-electron chi connectivity index (χ4n) is 1.80. The van der Waals surface area contributed by atoms with E-state index in [0.717, 1.165) is 0 Å². The van der Waals surface area contributed by atoms with Crippen molar-refractivity contribution >= 4 is 17.7 Å². The van der Waals surface area contributed by atoms with Crippen molar-refractivity contribution < 1.29 is 28.7 Å². The third-order valence-electron chi connectivity index (χ3n) is 2.96. The van der Waals surface area contributed by atoms with E-state index in [1.165, 1.54) is 25.3 Å². The van der Waals surface area contributed by atoms with E-state index in [0.29, 0.717) is 5.76 Å². The molecule has 0 fully saturated rings. The normalized spacial score (nSPS) is 11.6. The van der Waals surface area contributed by atoms with Crippen LogP contribution in [0.3, 0.4) is 0 Å². The van der Waals surface area contributed by atoms with Gasteiger partial charge in [0.15, 0.2) is 23.4 Å². The van der Waals surface area contributed by atoms with Crippen LogP contribution in [-0.2, 0) is 4.79 Å². The molecule has 0 radical (unpaired) electrons. The van der Waals surface area contributed by atoms with Crippen molar-refractivity contribution in [2.45, 2.75) is 20.0 Å². The summed E-state index contributed by atoms with van der Waals surface area (Å²) in [6, 6.07) is 5.70. The van der Waals surface area contributed by atoms with Crippen molar-refractivity contribution in [3.8, 4) is 11.5 Å². The molecule has 0 aliphatic heterocycles. The Bertz CT molecular complexity index is 725. The van der Waals surface area contributed by atoms with Crippen LogP contribution >= 0.6 is 0 Å². The van der Waals surface area contributed by atoms with Crippen LogP contribution in [0.1, 0.15) is 23.0 Å². The van der Waals surface area contributed by atoms with E-state index in [1.807, 2.05) is 0 Å². The first-order chi connectivity index (χ1) is 10.9. The highest BCUT2D eigenvalue weighted by atomic mass is 16.5. The van der Waals surface area contributed by atoms with Gasteiger partial charge in [-0.1, -0.05) is 5.16 Å². The SMILES string of the molecule is COc1cc(C(=O)O)ccc1O[C@H](C)C(=O)Nc1cc(C)on1. The topological polar surface area (TPSA) is 111 Å². The minimum atomic E-state index is -1.08. The molecule has 8 nitrogen and oxygen atoms in total. The van der Waals surface area contributed by atoms with Crippen LogP contribution in [0.5, 0.6) is 11.5 Å². The maximum Gasteiger partial charge on any atom is 0.335 e. The first kappa shape index (κ1) is 16.3. The largest absolute Gasteiger partial charge is 0.493 e. The van der Waals surface area contributed by atoms with Crippen molar-refractivity contribution in [3.05, 3.63) is 35.6 Å². The van der Waals surface area contributed by atoms with E-state index >= 15 is 0 Å². The number of nitrogens with zero attached hydrogens (tertiary/aromatic N) is 1. The number of carbonyl (C=O) groups excluding carboxylic acids is 1. The minimum Gasteiger partial charge on any atom is -0.493 e. The van der Waals surface area contributed by atoms with E-state index in [2.05, 4.69) is 10.5 Å². The van der Waals surface area contributed by atoms with Crippen LogP contribution in [0.15, 0.2) is 28.8 Å². The standard InChI is InChI=1S/C15H16N2O6/c1-8-6-13(17-23-8)16-14(18)9(2)22-11-5-4-10(15(19)20)7-12(11)21-3/h4-7,9H,1-3H3,(H,19,20)(H,16,17,18)/t9-/m1/s1. The highest BCUT2D eigenvalue weighted by Crippen LogP contribution is 2.29. The first-order valence-corrected chi connectivity index (χ1v) is 6.73. The third kappa shape index (κ3) is 4.00. The molecule has 122 valence electrons. The molecule has 1 amide bonds. The number of hydrogen-bond acceptors (Lipinski definition) is 6. The van der Waals surface area contributed by atoms with Crippen LogP contribution in [0.4, 0.5) is 5.82 Å². The van der Waals surface area contributed by atoms with Gasteiger partial charge in [-0.2, -0.15) is 0 Å². The first-order valence-electron chi connectivity index (χ1n) is 6.73. The minimum absolute atomic E-state index is 0.0596. The molecule has 23 heavy (non-hydrogen) atoms. The van der Waals surface area contributed by atoms with Gasteiger partial charge in [0.2, 0.25) is 0 Å². The molecular formula is C15H16N2O6. The smallest absolute Gasteiger partial charge is 0.335 e. The van der Waals surface area contributed by atoms with E-state index in [-0.39, 0.29) is 22.9 Å². The summed E-state index contributed by atoms with van der Waals surface area (Å²) < 4.78 is 15.5. The molecule has 0 aliphatic carbocycles. The molecule has 1 atom stereocenters. The van der Waals surface area contributed by atoms with Gasteiger partial charge in [0.25, 0.3) is 5.91 Å². The van der Waals surface area contributed by atoms with Gasteiger partial charge in [-0.3, -0.25) is 4.79 Å². The number of methoxy groups -OCH3 is 1. The van der Waals surface area contributed by atoms with Gasteiger partial charge in [0.1, 0.15) is 5.76 Å². The quantitative estimate of drug-likeness (QED) is 0.838. The Morgan fingerprint density at radius 2 is 2.04 bits per heavy atom. The molecule has 0 saturated heterocycles. The van der Waals surface area contributed by atoms with Crippen LogP contribution < -0.4 is 14.8 Å². The van der Waals surface area contributed by atoms with Crippen molar-refractivity contribution in [3.63, 3.8) is 0 Å². The van der Waals surface area contributed by atoms with Crippen molar-refractivity contribution in [1.29, 1.82) is 0 Å². The molecule has 0 unspecified atom stereocenters. The highest BCUT2D eigenvalue weighted by molar-refractivity contribution is 5.93. The molecule has 8 heteroatoms. The summed E-state index contributed by atoms with van der Waals surface area (Å²) in [6.07, 6.45) is -0.850. The van der Waals surface area contributed by atoms with E-state index < -0.39 is 18.0 Å². The predicted molar refractivity (Wildman–Crippen MR) is 79.9 cm³/mol. The lowest BCUT2D eigenvalue weighted by Gasteiger charge is -2.16. The van der Waals surface area contributed by atoms with Crippen LogP contribution in [0.25, 0.3) is 0 Å². The number of ether oxygens (including phenoxy) is 2. The number of carbonyl (C=O) groups is 2. The monoisotopic (exact) mass is 320 g/mol. The lowest BCUT2D eigenvalue weighted by atomic mass is 10.2. The van der Waals surface area contributed by atoms with Gasteiger partial charge in [-0.25, -0.2) is 4.79 Å². The zero-order valence-electron chi connectivity index (χ0n) is 12.8. The van der Waals surface area contributed by atoms with Gasteiger partial charge in [-0.05, 0) is 32.0 Å². The zero-order chi connectivity index (χ0) is 17.0. The van der Waals surface area contributed by atoms with Gasteiger partial charge in [0, 0.05) is 6.07 Å². The van der Waals surface area contributed by atoms with Gasteiger partial charge < -0.3 is 24.4 Å². The van der Waals surface area contributed by atoms with Crippen LogP contribution in [0.2, 0.25) is 0 Å². The number of carboxylic acids is 1. The number of anilines is 1. The number of aromatic carboxylic acids is 1. The van der Waals surface area contributed by atoms with Gasteiger partial charge in [0.05, 0.1) is 12.7 Å². The molecule has 0 aliphatic rings. The highest BCUT2D eigenvalue weighted by Gasteiger charge is 2.19. The fraction of sp³-hybridized carbons (Fsp3) is 0.267. The molecule has 0 saturated carbocycles. The Hall–Kier alpha value is -3.03. The lowest BCUT2D eigenvalue weighted by Crippen LogP contribution is -2.30. The molecular weight excluding hydrogens is 304 g/mol. The number of aromatic nitrogens is 1. The molecule has 2 aromatic rings. The molecule has 0 spiro atoms. The summed E-state index contributed by atoms with van der Waals surface area (Å²) >= 11 is 0. The molecule has 1 aromatic heterocycles. The predicted octanol–water partition coefficient (Wildman–Crippen LogP) is 2.10. The Balaban J connectivity index is 2.08. The second-order valence-corrected chi connectivity index (χ2v) is 4.74. The van der Waals surface area contributed by atoms with E-state index in [4.69, 9.17) is 19.1 Å². The number of aryl methyl sites for hydroxylation is 1. The number of rotatable bonds is 6. The van der Waals surface area contributed by atoms with E-state index in [1.54, 1.807) is 19.9 Å². The third-order valence-corrected chi connectivity index (χ3v) is 2.96. The summed E-state index contributed by atoms with van der Waals surface area (Å²) in [5.74, 6) is -0.168. The summed E-state index contributed by atoms with van der Waals surface area (Å²) in [4.78, 5) is 23.0. The second-order valence-electron chi connectivity index (χ2n) is 4.74. The molecule has 1 aromatic carbocycles. The average molecular weight is 320 g/mol. The van der Waals surface area contributed by atoms with E-state index in [9.17, 15) is 9.59 Å². The Labute approximate surface area is 132 Å². The van der Waals surface area contributed by atoms with Gasteiger partial charge in [-0.15, -0.1) is 0 Å². The van der Waals surface area contributed by atoms with Gasteiger partial charge >= 0.3 is 5.97 Å². The Morgan fingerprint density at radius 3 is 2.61 bits per heavy atom. The lowest BCUT2D eigenvalue weighted by molar-refractivity contribution is -0.122. The number of benzene rings is 1. The van der Waals surface area contributed by atoms with Crippen molar-refractivity contribution in [2.75, 3.05) is 12.4 Å². The maximum atomic E-state index is 12.0. The zero-order valence-corrected chi connectivity index (χ0v) is 12.8. The van der Waals surface area contributed by atoms with Crippen LogP contribution in [0, 0.1) is 6.92 Å². The molecule has 2 rings (SSSR count). The van der Waals surface area contributed by atoms with Crippen molar-refractivity contribution in [1.82, 2.24) is 5.16 Å². The number of nitrogens with one attached hydrogen (secondary N) is 1. The average Bonchev–Trinajstić information content (AvgIpc) is 2.92. The molecule has 0 bridgehead atoms. The molecule has 1 heterocycles. The summed E-state index contributed by atoms with van der Waals surface area (Å²) in [6.45, 7) is 3.25. The number of carboxylic acid groups (broad SMARTS) is 1. The summed E-state index contributed by atoms with van der Waals surface area (Å²) in [7, 11) is 1.39. The fourth-order valence-corrected chi connectivity index (χ4v) is 1.80. The van der Waals surface area contributed by atoms with Crippen molar-refractivity contribution in [2.24, 2.45) is 0 Å². The molecule has 2 N–H and O–H groups in total. The van der Waals surface area contributed by atoms with Crippen LogP contribution in [-0.4, -0.2) is 35.4 Å². The Morgan fingerprint density at radius 1 is 1.30 bits per heavy atom. The number of amides is 1. The number of hydrogen-bond donors (Lipinski definition) is 2. The summed E-state index contributed by atoms with van der Waals surface area (Å²) in [5, 5.41) is 15.2. The Kier molecular flexibility index (Phi) is 4.85. The summed E-state index contributed by atoms with van der Waals surface area (Å²) in [5.41, 5.74) is 0.0596. The second kappa shape index (κ2) is 6.82. The maximum absolute atomic E-state index is 12.0.